The van der Waals surface area contributed by atoms with Crippen LogP contribution in [0.4, 0.5) is 10.1 Å². The third-order valence-corrected chi connectivity index (χ3v) is 5.93. The molecule has 0 bridgehead atoms. The van der Waals surface area contributed by atoms with Gasteiger partial charge in [-0.1, -0.05) is 6.07 Å². The van der Waals surface area contributed by atoms with E-state index >= 15 is 0 Å². The Labute approximate surface area is 175 Å². The molecule has 30 heavy (non-hydrogen) atoms. The molecule has 0 aromatic heterocycles. The summed E-state index contributed by atoms with van der Waals surface area (Å²) in [7, 11) is 3.22. The molecule has 2 atom stereocenters. The Morgan fingerprint density at radius 2 is 1.97 bits per heavy atom. The van der Waals surface area contributed by atoms with E-state index in [0.29, 0.717) is 23.7 Å². The molecule has 2 amide bonds. The fourth-order valence-electron chi connectivity index (χ4n) is 4.45. The lowest BCUT2D eigenvalue weighted by molar-refractivity contribution is -0.136. The standard InChI is InChI=1S/C23H25FN2O4/c1-29-18-8-9-21(30-2)19(13-18)20-7-4-10-25(20)23(28)15-11-22(27)26(14-15)17-6-3-5-16(24)12-17/h3,5-6,8-9,12-13,15,20H,4,7,10-11,14H2,1-2H3/t15-,20+/m1/s1. The van der Waals surface area contributed by atoms with Gasteiger partial charge in [-0.05, 0) is 49.2 Å². The number of rotatable bonds is 5. The van der Waals surface area contributed by atoms with Gasteiger partial charge in [0, 0.05) is 30.8 Å². The Morgan fingerprint density at radius 3 is 2.70 bits per heavy atom. The van der Waals surface area contributed by atoms with Gasteiger partial charge in [-0.3, -0.25) is 9.59 Å². The smallest absolute Gasteiger partial charge is 0.228 e. The van der Waals surface area contributed by atoms with E-state index in [4.69, 9.17) is 9.47 Å². The second kappa shape index (κ2) is 8.34. The third-order valence-electron chi connectivity index (χ3n) is 5.93. The monoisotopic (exact) mass is 412 g/mol. The largest absolute Gasteiger partial charge is 0.497 e. The van der Waals surface area contributed by atoms with Crippen LogP contribution in [0.1, 0.15) is 30.9 Å². The molecule has 6 nitrogen and oxygen atoms in total. The van der Waals surface area contributed by atoms with Crippen molar-refractivity contribution in [1.29, 1.82) is 0 Å². The summed E-state index contributed by atoms with van der Waals surface area (Å²) < 4.78 is 24.5. The van der Waals surface area contributed by atoms with Gasteiger partial charge < -0.3 is 19.3 Å². The van der Waals surface area contributed by atoms with Gasteiger partial charge >= 0.3 is 0 Å². The number of carbonyl (C=O) groups excluding carboxylic acids is 2. The number of halogens is 1. The maximum absolute atomic E-state index is 13.6. The molecule has 7 heteroatoms. The van der Waals surface area contributed by atoms with E-state index in [1.165, 1.54) is 17.0 Å². The maximum atomic E-state index is 13.6. The van der Waals surface area contributed by atoms with Gasteiger partial charge in [-0.2, -0.15) is 0 Å². The highest BCUT2D eigenvalue weighted by atomic mass is 19.1. The van der Waals surface area contributed by atoms with E-state index in [1.807, 2.05) is 23.1 Å². The lowest BCUT2D eigenvalue weighted by atomic mass is 10.0. The highest BCUT2D eigenvalue weighted by molar-refractivity contribution is 6.00. The molecular formula is C23H25FN2O4. The molecule has 0 radical (unpaired) electrons. The van der Waals surface area contributed by atoms with Gasteiger partial charge in [0.25, 0.3) is 0 Å². The van der Waals surface area contributed by atoms with E-state index in [2.05, 4.69) is 0 Å². The first kappa shape index (κ1) is 20.2. The summed E-state index contributed by atoms with van der Waals surface area (Å²) in [6, 6.07) is 11.4. The molecule has 2 heterocycles. The molecule has 2 saturated heterocycles. The number of methoxy groups -OCH3 is 2. The van der Waals surface area contributed by atoms with Crippen LogP contribution in [-0.2, 0) is 9.59 Å². The molecule has 2 aromatic rings. The van der Waals surface area contributed by atoms with Gasteiger partial charge in [0.15, 0.2) is 0 Å². The first-order valence-electron chi connectivity index (χ1n) is 10.1. The van der Waals surface area contributed by atoms with Crippen molar-refractivity contribution in [1.82, 2.24) is 4.90 Å². The Morgan fingerprint density at radius 1 is 1.13 bits per heavy atom. The predicted octanol–water partition coefficient (Wildman–Crippen LogP) is 3.56. The zero-order chi connectivity index (χ0) is 21.3. The summed E-state index contributed by atoms with van der Waals surface area (Å²) in [6.07, 6.45) is 1.84. The summed E-state index contributed by atoms with van der Waals surface area (Å²) in [5.74, 6) is 0.365. The van der Waals surface area contributed by atoms with Gasteiger partial charge in [0.05, 0.1) is 26.2 Å². The van der Waals surface area contributed by atoms with Crippen LogP contribution in [-0.4, -0.2) is 44.0 Å². The number of ether oxygens (including phenoxy) is 2. The molecule has 0 unspecified atom stereocenters. The van der Waals surface area contributed by atoms with Gasteiger partial charge in [-0.25, -0.2) is 4.39 Å². The molecule has 158 valence electrons. The summed E-state index contributed by atoms with van der Waals surface area (Å²) >= 11 is 0. The average Bonchev–Trinajstić information content (AvgIpc) is 3.39. The Hall–Kier alpha value is -3.09. The summed E-state index contributed by atoms with van der Waals surface area (Å²) in [6.45, 7) is 0.897. The second-order valence-corrected chi connectivity index (χ2v) is 7.68. The van der Waals surface area contributed by atoms with E-state index in [0.717, 1.165) is 18.4 Å². The van der Waals surface area contributed by atoms with Crippen molar-refractivity contribution in [3.05, 3.63) is 53.8 Å². The topological polar surface area (TPSA) is 59.1 Å². The van der Waals surface area contributed by atoms with Crippen LogP contribution >= 0.6 is 0 Å². The Kier molecular flexibility index (Phi) is 5.61. The molecule has 2 aliphatic rings. The first-order valence-corrected chi connectivity index (χ1v) is 10.1. The molecule has 0 saturated carbocycles. The Bertz CT molecular complexity index is 964. The minimum atomic E-state index is -0.446. The van der Waals surface area contributed by atoms with Crippen molar-refractivity contribution in [2.75, 3.05) is 32.2 Å². The van der Waals surface area contributed by atoms with Crippen LogP contribution in [0.3, 0.4) is 0 Å². The molecule has 2 aromatic carbocycles. The van der Waals surface area contributed by atoms with E-state index < -0.39 is 11.7 Å². The third kappa shape index (κ3) is 3.72. The zero-order valence-electron chi connectivity index (χ0n) is 17.1. The van der Waals surface area contributed by atoms with Crippen LogP contribution in [0, 0.1) is 11.7 Å². The van der Waals surface area contributed by atoms with E-state index in [9.17, 15) is 14.0 Å². The second-order valence-electron chi connectivity index (χ2n) is 7.68. The van der Waals surface area contributed by atoms with Crippen LogP contribution in [0.15, 0.2) is 42.5 Å². The maximum Gasteiger partial charge on any atom is 0.228 e. The minimum absolute atomic E-state index is 0.0466. The number of amides is 2. The molecule has 0 N–H and O–H groups in total. The number of hydrogen-bond acceptors (Lipinski definition) is 4. The number of anilines is 1. The minimum Gasteiger partial charge on any atom is -0.497 e. The fourth-order valence-corrected chi connectivity index (χ4v) is 4.45. The highest BCUT2D eigenvalue weighted by Gasteiger charge is 2.41. The normalized spacial score (nSPS) is 21.2. The summed E-state index contributed by atoms with van der Waals surface area (Å²) in [4.78, 5) is 29.3. The molecule has 2 fully saturated rings. The highest BCUT2D eigenvalue weighted by Crippen LogP contribution is 2.40. The number of nitrogens with zero attached hydrogens (tertiary/aromatic N) is 2. The predicted molar refractivity (Wildman–Crippen MR) is 110 cm³/mol. The molecule has 0 spiro atoms. The summed E-state index contributed by atoms with van der Waals surface area (Å²) in [5.41, 5.74) is 1.40. The van der Waals surface area contributed by atoms with Crippen molar-refractivity contribution in [3.8, 4) is 11.5 Å². The van der Waals surface area contributed by atoms with Gasteiger partial charge in [-0.15, -0.1) is 0 Å². The van der Waals surface area contributed by atoms with Crippen molar-refractivity contribution in [2.24, 2.45) is 5.92 Å². The number of carbonyl (C=O) groups is 2. The van der Waals surface area contributed by atoms with E-state index in [-0.39, 0.29) is 30.8 Å². The molecule has 4 rings (SSSR count). The van der Waals surface area contributed by atoms with Crippen molar-refractivity contribution >= 4 is 17.5 Å². The first-order chi connectivity index (χ1) is 14.5. The quantitative estimate of drug-likeness (QED) is 0.754. The Balaban J connectivity index is 1.55. The SMILES string of the molecule is COc1ccc(OC)c([C@@H]2CCCN2C(=O)[C@@H]2CC(=O)N(c3cccc(F)c3)C2)c1. The zero-order valence-corrected chi connectivity index (χ0v) is 17.1. The number of likely N-dealkylation sites (tertiary alicyclic amines) is 1. The molecule has 0 aliphatic carbocycles. The van der Waals surface area contributed by atoms with Crippen LogP contribution in [0.2, 0.25) is 0 Å². The van der Waals surface area contributed by atoms with Gasteiger partial charge in [0.2, 0.25) is 11.8 Å². The number of benzene rings is 2. The lowest BCUT2D eigenvalue weighted by Crippen LogP contribution is -2.37. The van der Waals surface area contributed by atoms with E-state index in [1.54, 1.807) is 26.4 Å². The average molecular weight is 412 g/mol. The molecule has 2 aliphatic heterocycles. The van der Waals surface area contributed by atoms with Crippen molar-refractivity contribution in [2.45, 2.75) is 25.3 Å². The lowest BCUT2D eigenvalue weighted by Gasteiger charge is -2.29. The van der Waals surface area contributed by atoms with Gasteiger partial charge in [0.1, 0.15) is 17.3 Å². The van der Waals surface area contributed by atoms with Crippen LogP contribution < -0.4 is 14.4 Å². The van der Waals surface area contributed by atoms with Crippen molar-refractivity contribution in [3.63, 3.8) is 0 Å². The summed E-state index contributed by atoms with van der Waals surface area (Å²) in [5, 5.41) is 0. The molecular weight excluding hydrogens is 387 g/mol. The number of hydrogen-bond donors (Lipinski definition) is 0. The van der Waals surface area contributed by atoms with Crippen molar-refractivity contribution < 1.29 is 23.5 Å². The fraction of sp³-hybridized carbons (Fsp3) is 0.391. The van der Waals surface area contributed by atoms with Crippen LogP contribution in [0.25, 0.3) is 0 Å². The van der Waals surface area contributed by atoms with Crippen LogP contribution in [0.5, 0.6) is 11.5 Å².